The molecule has 0 N–H and O–H groups in total. The Kier molecular flexibility index (Phi) is 3.75. The van der Waals surface area contributed by atoms with Gasteiger partial charge in [0.1, 0.15) is 6.61 Å². The second kappa shape index (κ2) is 3.90. The van der Waals surface area contributed by atoms with Gasteiger partial charge in [-0.2, -0.15) is 0 Å². The lowest BCUT2D eigenvalue weighted by molar-refractivity contribution is -0.118. The molecule has 0 bridgehead atoms. The number of hydrogen-bond acceptors (Lipinski definition) is 3. The molecule has 7 heavy (non-hydrogen) atoms. The second-order valence-corrected chi connectivity index (χ2v) is 1.46. The summed E-state index contributed by atoms with van der Waals surface area (Å²) < 4.78 is 13.6. The van der Waals surface area contributed by atoms with E-state index in [0.717, 1.165) is 0 Å². The van der Waals surface area contributed by atoms with E-state index in [9.17, 15) is 9.36 Å². The van der Waals surface area contributed by atoms with E-state index in [4.69, 9.17) is 0 Å². The number of carbonyl (C=O) groups excluding carboxylic acids is 1. The molecule has 0 aromatic heterocycles. The van der Waals surface area contributed by atoms with E-state index in [1.165, 1.54) is 6.92 Å². The highest BCUT2D eigenvalue weighted by Crippen LogP contribution is 1.91. The highest BCUT2D eigenvalue weighted by Gasteiger charge is 1.88. The molecular weight excluding hydrogens is 115 g/mol. The van der Waals surface area contributed by atoms with Crippen LogP contribution in [0.4, 0.5) is 0 Å². The van der Waals surface area contributed by atoms with E-state index in [-0.39, 0.29) is 12.4 Å². The summed E-state index contributed by atoms with van der Waals surface area (Å²) in [5.41, 5.74) is 0. The summed E-state index contributed by atoms with van der Waals surface area (Å²) in [5.74, 6) is -0.122. The van der Waals surface area contributed by atoms with E-state index in [1.807, 2.05) is 0 Å². The predicted molar refractivity (Wildman–Crippen MR) is 24.2 cm³/mol. The van der Waals surface area contributed by atoms with Crippen LogP contribution in [0.15, 0.2) is 0 Å². The van der Waals surface area contributed by atoms with Crippen LogP contribution in [0.1, 0.15) is 6.92 Å². The molecule has 0 heterocycles. The minimum atomic E-state index is -0.431. The molecule has 0 radical (unpaired) electrons. The van der Waals surface area contributed by atoms with Crippen LogP contribution in [0.25, 0.3) is 0 Å². The molecule has 0 spiro atoms. The first kappa shape index (κ1) is 6.73. The van der Waals surface area contributed by atoms with Crippen molar-refractivity contribution in [3.05, 3.63) is 0 Å². The summed E-state index contributed by atoms with van der Waals surface area (Å²) in [5, 5.41) is 0. The molecule has 0 aliphatic carbocycles. The highest BCUT2D eigenvalue weighted by molar-refractivity contribution is 7.17. The molecule has 0 unspecified atom stereocenters. The number of rotatable bonds is 3. The van der Waals surface area contributed by atoms with E-state index in [1.54, 1.807) is 0 Å². The molecule has 0 fully saturated rings. The summed E-state index contributed by atoms with van der Waals surface area (Å²) in [6.45, 7) is 1.30. The first-order chi connectivity index (χ1) is 3.27. The van der Waals surface area contributed by atoms with E-state index in [0.29, 0.717) is 0 Å². The van der Waals surface area contributed by atoms with Crippen LogP contribution in [0.3, 0.4) is 0 Å². The molecule has 4 heteroatoms. The van der Waals surface area contributed by atoms with Crippen LogP contribution in [0.2, 0.25) is 0 Å². The molecule has 0 rings (SSSR count). The lowest BCUT2D eigenvalue weighted by atomic mass is 10.5. The quantitative estimate of drug-likeness (QED) is 0.517. The third-order valence-electron chi connectivity index (χ3n) is 0.321. The Morgan fingerprint density at radius 2 is 2.43 bits per heavy atom. The van der Waals surface area contributed by atoms with Crippen molar-refractivity contribution < 1.29 is 13.9 Å². The van der Waals surface area contributed by atoms with Gasteiger partial charge in [-0.1, -0.05) is 0 Å². The smallest absolute Gasteiger partial charge is 0.297 e. The van der Waals surface area contributed by atoms with Gasteiger partial charge in [-0.3, -0.25) is 9.32 Å². The Hall–Kier alpha value is -0.270. The van der Waals surface area contributed by atoms with Crippen LogP contribution >= 0.6 is 8.69 Å². The maximum absolute atomic E-state index is 9.93. The number of hydrogen-bond donors (Lipinski definition) is 0. The van der Waals surface area contributed by atoms with Crippen molar-refractivity contribution >= 4 is 14.5 Å². The summed E-state index contributed by atoms with van der Waals surface area (Å²) in [6.07, 6.45) is 0. The highest BCUT2D eigenvalue weighted by atomic mass is 31.1. The van der Waals surface area contributed by atoms with Gasteiger partial charge in [-0.05, 0) is 6.92 Å². The zero-order valence-corrected chi connectivity index (χ0v) is 4.77. The molecule has 0 aromatic rings. The molecule has 3 nitrogen and oxygen atoms in total. The summed E-state index contributed by atoms with van der Waals surface area (Å²) in [6, 6.07) is 0. The first-order valence-electron chi connectivity index (χ1n) is 1.71. The Balaban J connectivity index is 2.97. The fourth-order valence-corrected chi connectivity index (χ4v) is 0.352. The van der Waals surface area contributed by atoms with Crippen molar-refractivity contribution in [2.75, 3.05) is 6.61 Å². The Bertz CT molecular complexity index is 80.2. The predicted octanol–water partition coefficient (Wildman–Crippen LogP) is 0.799. The summed E-state index contributed by atoms with van der Waals surface area (Å²) in [7, 11) is -0.431. The van der Waals surface area contributed by atoms with Crippen molar-refractivity contribution in [2.45, 2.75) is 6.92 Å². The zero-order valence-electron chi connectivity index (χ0n) is 3.88. The molecule has 0 aromatic carbocycles. The Morgan fingerprint density at radius 3 is 2.57 bits per heavy atom. The van der Waals surface area contributed by atoms with Crippen molar-refractivity contribution in [1.29, 1.82) is 0 Å². The third kappa shape index (κ3) is 5.73. The van der Waals surface area contributed by atoms with Crippen LogP contribution in [-0.4, -0.2) is 12.4 Å². The fourth-order valence-electron chi connectivity index (χ4n) is 0.117. The van der Waals surface area contributed by atoms with Gasteiger partial charge in [-0.15, -0.1) is 0 Å². The Morgan fingerprint density at radius 1 is 1.86 bits per heavy atom. The second-order valence-electron chi connectivity index (χ2n) is 1.05. The average molecular weight is 120 g/mol. The first-order valence-corrected chi connectivity index (χ1v) is 2.44. The summed E-state index contributed by atoms with van der Waals surface area (Å²) >= 11 is 0. The van der Waals surface area contributed by atoms with E-state index in [2.05, 4.69) is 4.52 Å². The number of carbonyl (C=O) groups is 1. The largest absolute Gasteiger partial charge is 0.327 e. The molecule has 0 atom stereocenters. The number of ketones is 1. The topological polar surface area (TPSA) is 43.4 Å². The van der Waals surface area contributed by atoms with Crippen LogP contribution in [0, 0.1) is 0 Å². The Labute approximate surface area is 43.0 Å². The fraction of sp³-hybridized carbons (Fsp3) is 0.667. The molecule has 0 aliphatic heterocycles. The lowest BCUT2D eigenvalue weighted by Crippen LogP contribution is -1.95. The van der Waals surface area contributed by atoms with Gasteiger partial charge in [0, 0.05) is 0 Å². The van der Waals surface area contributed by atoms with Gasteiger partial charge in [-0.25, -0.2) is 4.57 Å². The SMILES string of the molecule is CC(=O)COP=O. The van der Waals surface area contributed by atoms with Gasteiger partial charge >= 0.3 is 8.69 Å². The van der Waals surface area contributed by atoms with Gasteiger partial charge in [0.05, 0.1) is 0 Å². The molecule has 0 aliphatic rings. The van der Waals surface area contributed by atoms with Crippen molar-refractivity contribution in [1.82, 2.24) is 0 Å². The summed E-state index contributed by atoms with van der Waals surface area (Å²) in [4.78, 5) is 9.93. The minimum absolute atomic E-state index is 0.0644. The monoisotopic (exact) mass is 120 g/mol. The standard InChI is InChI=1S/C3H5O3P/c1-3(4)2-6-7-5/h2H2,1H3. The van der Waals surface area contributed by atoms with Crippen molar-refractivity contribution in [2.24, 2.45) is 0 Å². The maximum Gasteiger partial charge on any atom is 0.327 e. The molecule has 0 amide bonds. The van der Waals surface area contributed by atoms with Crippen LogP contribution in [0.5, 0.6) is 0 Å². The maximum atomic E-state index is 9.93. The zero-order chi connectivity index (χ0) is 5.70. The van der Waals surface area contributed by atoms with Gasteiger partial charge < -0.3 is 0 Å². The average Bonchev–Trinajstić information content (AvgIpc) is 1.61. The van der Waals surface area contributed by atoms with Gasteiger partial charge in [0.15, 0.2) is 5.78 Å². The van der Waals surface area contributed by atoms with Gasteiger partial charge in [0.25, 0.3) is 0 Å². The third-order valence-corrected chi connectivity index (χ3v) is 0.555. The normalized spacial score (nSPS) is 9.29. The van der Waals surface area contributed by atoms with E-state index >= 15 is 0 Å². The van der Waals surface area contributed by atoms with Crippen molar-refractivity contribution in [3.63, 3.8) is 0 Å². The van der Waals surface area contributed by atoms with Crippen LogP contribution < -0.4 is 0 Å². The minimum Gasteiger partial charge on any atom is -0.297 e. The molecular formula is C3H5O3P. The molecule has 0 saturated heterocycles. The lowest BCUT2D eigenvalue weighted by Gasteiger charge is -1.82. The molecule has 40 valence electrons. The van der Waals surface area contributed by atoms with Crippen LogP contribution in [-0.2, 0) is 13.9 Å². The number of Topliss-reactive ketones (excluding diaryl/α,β-unsaturated/α-hetero) is 1. The molecule has 0 saturated carbocycles. The van der Waals surface area contributed by atoms with Crippen molar-refractivity contribution in [3.8, 4) is 0 Å². The van der Waals surface area contributed by atoms with E-state index < -0.39 is 8.69 Å². The van der Waals surface area contributed by atoms with Gasteiger partial charge in [0.2, 0.25) is 0 Å².